The highest BCUT2D eigenvalue weighted by Crippen LogP contribution is 2.52. The standard InChI is InChI=1S/C51H34S/c1-51(2)45-21-10-9-16-37(45)43-29-44-38-25-24-36(28-47(38)52-48(44)30-46(43)51)50-41-19-7-5-17-39(41)49(40-18-6-8-20-42(40)50)35-15-11-14-33(27-35)34-23-22-31-12-3-4-13-32(31)26-34/h3-30H,1-2H3. The van der Waals surface area contributed by atoms with Gasteiger partial charge in [-0.25, -0.2) is 0 Å². The number of fused-ring (bicyclic) bond motifs is 9. The van der Waals surface area contributed by atoms with Gasteiger partial charge in [0.25, 0.3) is 0 Å². The number of hydrogen-bond donors (Lipinski definition) is 0. The largest absolute Gasteiger partial charge is 0.135 e. The van der Waals surface area contributed by atoms with Crippen molar-refractivity contribution in [2.45, 2.75) is 19.3 Å². The number of thiophene rings is 1. The molecule has 1 aliphatic rings. The van der Waals surface area contributed by atoms with Crippen LogP contribution in [-0.4, -0.2) is 0 Å². The van der Waals surface area contributed by atoms with Gasteiger partial charge in [-0.1, -0.05) is 153 Å². The summed E-state index contributed by atoms with van der Waals surface area (Å²) in [5.41, 5.74) is 13.2. The molecule has 0 N–H and O–H groups in total. The van der Waals surface area contributed by atoms with Crippen LogP contribution in [0.3, 0.4) is 0 Å². The van der Waals surface area contributed by atoms with Crippen molar-refractivity contribution in [3.8, 4) is 44.5 Å². The molecule has 0 saturated heterocycles. The van der Waals surface area contributed by atoms with Gasteiger partial charge in [-0.05, 0) is 118 Å². The summed E-state index contributed by atoms with van der Waals surface area (Å²) < 4.78 is 2.70. The minimum atomic E-state index is -0.00395. The number of benzene rings is 9. The van der Waals surface area contributed by atoms with E-state index in [0.29, 0.717) is 0 Å². The predicted molar refractivity (Wildman–Crippen MR) is 226 cm³/mol. The molecule has 0 bridgehead atoms. The maximum absolute atomic E-state index is 2.47. The van der Waals surface area contributed by atoms with E-state index in [0.717, 1.165) is 0 Å². The minimum Gasteiger partial charge on any atom is -0.135 e. The van der Waals surface area contributed by atoms with Gasteiger partial charge in [0.1, 0.15) is 0 Å². The molecule has 1 heterocycles. The fraction of sp³-hybridized carbons (Fsp3) is 0.0588. The molecular weight excluding hydrogens is 645 g/mol. The van der Waals surface area contributed by atoms with E-state index < -0.39 is 0 Å². The van der Waals surface area contributed by atoms with Crippen LogP contribution in [0.1, 0.15) is 25.0 Å². The van der Waals surface area contributed by atoms with Crippen molar-refractivity contribution in [2.24, 2.45) is 0 Å². The molecule has 0 nitrogen and oxygen atoms in total. The normalized spacial score (nSPS) is 13.3. The van der Waals surface area contributed by atoms with Crippen LogP contribution in [-0.2, 0) is 5.41 Å². The first-order valence-corrected chi connectivity index (χ1v) is 19.0. The lowest BCUT2D eigenvalue weighted by Gasteiger charge is -2.21. The summed E-state index contributed by atoms with van der Waals surface area (Å²) in [7, 11) is 0. The molecule has 0 spiro atoms. The molecule has 1 heteroatoms. The molecule has 9 aromatic carbocycles. The smallest absolute Gasteiger partial charge is 0.0361 e. The van der Waals surface area contributed by atoms with Gasteiger partial charge in [-0.3, -0.25) is 0 Å². The third-order valence-corrected chi connectivity index (χ3v) is 12.7. The zero-order chi connectivity index (χ0) is 34.6. The third kappa shape index (κ3) is 4.27. The summed E-state index contributed by atoms with van der Waals surface area (Å²) in [6, 6.07) is 63.5. The number of hydrogen-bond acceptors (Lipinski definition) is 1. The second-order valence-electron chi connectivity index (χ2n) is 14.9. The Bertz CT molecular complexity index is 3040. The van der Waals surface area contributed by atoms with Gasteiger partial charge in [0.2, 0.25) is 0 Å². The summed E-state index contributed by atoms with van der Waals surface area (Å²) in [6.07, 6.45) is 0. The van der Waals surface area contributed by atoms with E-state index in [1.54, 1.807) is 0 Å². The first kappa shape index (κ1) is 29.7. The summed E-state index contributed by atoms with van der Waals surface area (Å²) in [4.78, 5) is 0. The first-order valence-electron chi connectivity index (χ1n) is 18.2. The van der Waals surface area contributed by atoms with Crippen molar-refractivity contribution < 1.29 is 0 Å². The molecule has 10 aromatic rings. The first-order chi connectivity index (χ1) is 25.5. The van der Waals surface area contributed by atoms with Crippen LogP contribution in [0.2, 0.25) is 0 Å². The third-order valence-electron chi connectivity index (χ3n) is 11.6. The van der Waals surface area contributed by atoms with Gasteiger partial charge in [0.15, 0.2) is 0 Å². The quantitative estimate of drug-likeness (QED) is 0.163. The van der Waals surface area contributed by atoms with Crippen LogP contribution in [0.15, 0.2) is 170 Å². The highest BCUT2D eigenvalue weighted by molar-refractivity contribution is 7.25. The molecule has 11 rings (SSSR count). The second kappa shape index (κ2) is 11.0. The lowest BCUT2D eigenvalue weighted by Crippen LogP contribution is -2.14. The topological polar surface area (TPSA) is 0 Å². The average molecular weight is 679 g/mol. The van der Waals surface area contributed by atoms with Crippen molar-refractivity contribution in [1.82, 2.24) is 0 Å². The minimum absolute atomic E-state index is 0.00395. The molecule has 52 heavy (non-hydrogen) atoms. The molecule has 244 valence electrons. The SMILES string of the molecule is CC1(C)c2ccccc2-c2cc3c(cc21)sc1cc(-c2c4ccccc4c(-c4cccc(-c5ccc6ccccc6c5)c4)c4ccccc24)ccc13. The van der Waals surface area contributed by atoms with E-state index in [1.807, 2.05) is 11.3 Å². The summed E-state index contributed by atoms with van der Waals surface area (Å²) >= 11 is 1.93. The van der Waals surface area contributed by atoms with Gasteiger partial charge < -0.3 is 0 Å². The van der Waals surface area contributed by atoms with Crippen molar-refractivity contribution in [2.75, 3.05) is 0 Å². The van der Waals surface area contributed by atoms with Crippen LogP contribution < -0.4 is 0 Å². The van der Waals surface area contributed by atoms with Crippen LogP contribution in [0.4, 0.5) is 0 Å². The monoisotopic (exact) mass is 678 g/mol. The van der Waals surface area contributed by atoms with Gasteiger partial charge in [-0.15, -0.1) is 11.3 Å². The Labute approximate surface area is 307 Å². The van der Waals surface area contributed by atoms with Crippen LogP contribution >= 0.6 is 11.3 Å². The molecule has 0 radical (unpaired) electrons. The molecule has 0 unspecified atom stereocenters. The van der Waals surface area contributed by atoms with E-state index in [1.165, 1.54) is 108 Å². The summed E-state index contributed by atoms with van der Waals surface area (Å²) in [5, 5.41) is 10.3. The fourth-order valence-electron chi connectivity index (χ4n) is 9.10. The highest BCUT2D eigenvalue weighted by atomic mass is 32.1. The maximum Gasteiger partial charge on any atom is 0.0361 e. The van der Waals surface area contributed by atoms with E-state index >= 15 is 0 Å². The average Bonchev–Trinajstić information content (AvgIpc) is 3.66. The van der Waals surface area contributed by atoms with Crippen LogP contribution in [0.25, 0.3) is 97.0 Å². The Morgan fingerprint density at radius 3 is 1.67 bits per heavy atom. The highest BCUT2D eigenvalue weighted by Gasteiger charge is 2.35. The lowest BCUT2D eigenvalue weighted by atomic mass is 9.82. The lowest BCUT2D eigenvalue weighted by molar-refractivity contribution is 0.661. The Morgan fingerprint density at radius 2 is 0.923 bits per heavy atom. The summed E-state index contributed by atoms with van der Waals surface area (Å²) in [5.74, 6) is 0. The Balaban J connectivity index is 1.10. The predicted octanol–water partition coefficient (Wildman–Crippen LogP) is 14.8. The Morgan fingerprint density at radius 1 is 0.346 bits per heavy atom. The van der Waals surface area contributed by atoms with E-state index in [-0.39, 0.29) is 5.41 Å². The van der Waals surface area contributed by atoms with Crippen LogP contribution in [0.5, 0.6) is 0 Å². The molecule has 0 fully saturated rings. The summed E-state index contributed by atoms with van der Waals surface area (Å²) in [6.45, 7) is 4.74. The van der Waals surface area contributed by atoms with Crippen molar-refractivity contribution >= 4 is 63.8 Å². The van der Waals surface area contributed by atoms with Crippen LogP contribution in [0, 0.1) is 0 Å². The molecule has 0 atom stereocenters. The number of rotatable bonds is 3. The van der Waals surface area contributed by atoms with Crippen molar-refractivity contribution in [1.29, 1.82) is 0 Å². The zero-order valence-corrected chi connectivity index (χ0v) is 29.9. The molecule has 1 aromatic heterocycles. The molecule has 0 amide bonds. The fourth-order valence-corrected chi connectivity index (χ4v) is 10.3. The van der Waals surface area contributed by atoms with E-state index in [4.69, 9.17) is 0 Å². The van der Waals surface area contributed by atoms with Gasteiger partial charge in [-0.2, -0.15) is 0 Å². The van der Waals surface area contributed by atoms with Gasteiger partial charge >= 0.3 is 0 Å². The van der Waals surface area contributed by atoms with E-state index in [9.17, 15) is 0 Å². The second-order valence-corrected chi connectivity index (χ2v) is 15.9. The molecule has 0 aliphatic heterocycles. The zero-order valence-electron chi connectivity index (χ0n) is 29.1. The van der Waals surface area contributed by atoms with Gasteiger partial charge in [0, 0.05) is 25.6 Å². The molecular formula is C51H34S. The Kier molecular flexibility index (Phi) is 6.27. The van der Waals surface area contributed by atoms with Gasteiger partial charge in [0.05, 0.1) is 0 Å². The van der Waals surface area contributed by atoms with E-state index in [2.05, 4.69) is 184 Å². The van der Waals surface area contributed by atoms with Crippen molar-refractivity contribution in [3.05, 3.63) is 181 Å². The molecule has 1 aliphatic carbocycles. The molecule has 0 saturated carbocycles. The Hall–Kier alpha value is -6.02. The maximum atomic E-state index is 2.47. The van der Waals surface area contributed by atoms with Crippen molar-refractivity contribution in [3.63, 3.8) is 0 Å².